The Morgan fingerprint density at radius 1 is 1.11 bits per heavy atom. The Labute approximate surface area is 112 Å². The van der Waals surface area contributed by atoms with Crippen LogP contribution >= 0.6 is 0 Å². The molecule has 104 valence electrons. The van der Waals surface area contributed by atoms with Gasteiger partial charge in [0.25, 0.3) is 0 Å². The summed E-state index contributed by atoms with van der Waals surface area (Å²) in [6.45, 7) is 3.15. The van der Waals surface area contributed by atoms with Gasteiger partial charge in [0.1, 0.15) is 5.82 Å². The molecule has 0 spiro atoms. The molecular formula is C13H20N4O2. The van der Waals surface area contributed by atoms with Gasteiger partial charge in [0.15, 0.2) is 0 Å². The van der Waals surface area contributed by atoms with Crippen molar-refractivity contribution in [1.29, 1.82) is 0 Å². The Morgan fingerprint density at radius 2 is 1.89 bits per heavy atom. The molecule has 2 aliphatic heterocycles. The molecule has 0 bridgehead atoms. The minimum Gasteiger partial charge on any atom is -0.381 e. The largest absolute Gasteiger partial charge is 0.381 e. The summed E-state index contributed by atoms with van der Waals surface area (Å²) >= 11 is 0. The van der Waals surface area contributed by atoms with Crippen molar-refractivity contribution in [3.8, 4) is 0 Å². The van der Waals surface area contributed by atoms with Gasteiger partial charge < -0.3 is 20.5 Å². The number of hydrogen-bond donors (Lipinski definition) is 2. The maximum Gasteiger partial charge on any atom is 0.222 e. The van der Waals surface area contributed by atoms with Gasteiger partial charge in [-0.3, -0.25) is 0 Å². The van der Waals surface area contributed by atoms with Crippen LogP contribution in [0.25, 0.3) is 0 Å². The molecule has 0 radical (unpaired) electrons. The lowest BCUT2D eigenvalue weighted by Gasteiger charge is -2.24. The average molecular weight is 264 g/mol. The molecule has 3 heterocycles. The van der Waals surface area contributed by atoms with E-state index in [1.165, 1.54) is 0 Å². The highest BCUT2D eigenvalue weighted by Gasteiger charge is 2.21. The van der Waals surface area contributed by atoms with E-state index in [4.69, 9.17) is 15.2 Å². The molecule has 6 nitrogen and oxygen atoms in total. The van der Waals surface area contributed by atoms with Gasteiger partial charge in [0.2, 0.25) is 5.95 Å². The molecule has 3 rings (SSSR count). The van der Waals surface area contributed by atoms with Gasteiger partial charge in [0, 0.05) is 37.8 Å². The van der Waals surface area contributed by atoms with Crippen LogP contribution < -0.4 is 11.1 Å². The molecule has 19 heavy (non-hydrogen) atoms. The Kier molecular flexibility index (Phi) is 3.79. The monoisotopic (exact) mass is 264 g/mol. The molecule has 2 fully saturated rings. The van der Waals surface area contributed by atoms with Crippen LogP contribution in [0.15, 0.2) is 6.07 Å². The van der Waals surface area contributed by atoms with E-state index in [-0.39, 0.29) is 0 Å². The summed E-state index contributed by atoms with van der Waals surface area (Å²) < 4.78 is 10.8. The lowest BCUT2D eigenvalue weighted by atomic mass is 10.0. The summed E-state index contributed by atoms with van der Waals surface area (Å²) in [6, 6.07) is 2.42. The fraction of sp³-hybridized carbons (Fsp3) is 0.692. The number of nitrogen functional groups attached to an aromatic ring is 1. The van der Waals surface area contributed by atoms with E-state index in [0.717, 1.165) is 57.2 Å². The first-order valence-electron chi connectivity index (χ1n) is 6.88. The zero-order valence-electron chi connectivity index (χ0n) is 11.0. The van der Waals surface area contributed by atoms with Gasteiger partial charge >= 0.3 is 0 Å². The highest BCUT2D eigenvalue weighted by atomic mass is 16.5. The summed E-state index contributed by atoms with van der Waals surface area (Å²) in [5.74, 6) is 1.50. The SMILES string of the molecule is Nc1nc(NC2CCOCC2)cc([C@@H]2CCOC2)n1. The molecule has 1 aromatic rings. The fourth-order valence-electron chi connectivity index (χ4n) is 2.59. The standard InChI is InChI=1S/C13H20N4O2/c14-13-16-11(9-1-4-19-8-9)7-12(17-13)15-10-2-5-18-6-3-10/h7,9-10H,1-6,8H2,(H3,14,15,16,17)/t9-/m1/s1. The zero-order chi connectivity index (χ0) is 13.1. The topological polar surface area (TPSA) is 82.3 Å². The molecule has 2 saturated heterocycles. The third-order valence-corrected chi connectivity index (χ3v) is 3.68. The second kappa shape index (κ2) is 5.71. The number of hydrogen-bond acceptors (Lipinski definition) is 6. The van der Waals surface area contributed by atoms with Crippen LogP contribution in [0.5, 0.6) is 0 Å². The Morgan fingerprint density at radius 3 is 2.63 bits per heavy atom. The predicted octanol–water partition coefficient (Wildman–Crippen LogP) is 1.15. The zero-order valence-corrected chi connectivity index (χ0v) is 11.0. The van der Waals surface area contributed by atoms with Crippen molar-refractivity contribution in [3.05, 3.63) is 11.8 Å². The van der Waals surface area contributed by atoms with Crippen molar-refractivity contribution < 1.29 is 9.47 Å². The van der Waals surface area contributed by atoms with Crippen molar-refractivity contribution in [2.24, 2.45) is 0 Å². The summed E-state index contributed by atoms with van der Waals surface area (Å²) in [4.78, 5) is 8.60. The molecular weight excluding hydrogens is 244 g/mol. The van der Waals surface area contributed by atoms with Crippen molar-refractivity contribution in [2.75, 3.05) is 37.5 Å². The smallest absolute Gasteiger partial charge is 0.222 e. The van der Waals surface area contributed by atoms with Crippen molar-refractivity contribution in [1.82, 2.24) is 9.97 Å². The van der Waals surface area contributed by atoms with E-state index in [1.54, 1.807) is 0 Å². The van der Waals surface area contributed by atoms with Crippen LogP contribution in [0.1, 0.15) is 30.9 Å². The summed E-state index contributed by atoms with van der Waals surface area (Å²) in [5, 5.41) is 3.43. The minimum atomic E-state index is 0.332. The number of aromatic nitrogens is 2. The molecule has 0 saturated carbocycles. The van der Waals surface area contributed by atoms with Gasteiger partial charge in [-0.05, 0) is 19.3 Å². The van der Waals surface area contributed by atoms with Gasteiger partial charge in [0.05, 0.1) is 12.3 Å². The molecule has 0 unspecified atom stereocenters. The predicted molar refractivity (Wildman–Crippen MR) is 72.1 cm³/mol. The first kappa shape index (κ1) is 12.6. The van der Waals surface area contributed by atoms with Gasteiger partial charge in [-0.15, -0.1) is 0 Å². The number of nitrogens with one attached hydrogen (secondary N) is 1. The number of nitrogens with zero attached hydrogens (tertiary/aromatic N) is 2. The lowest BCUT2D eigenvalue weighted by Crippen LogP contribution is -2.28. The van der Waals surface area contributed by atoms with E-state index in [1.807, 2.05) is 6.07 Å². The normalized spacial score (nSPS) is 24.5. The maximum absolute atomic E-state index is 5.80. The molecule has 3 N–H and O–H groups in total. The lowest BCUT2D eigenvalue weighted by molar-refractivity contribution is 0.0904. The molecule has 0 aromatic carbocycles. The third-order valence-electron chi connectivity index (χ3n) is 3.68. The average Bonchev–Trinajstić information content (AvgIpc) is 2.93. The molecule has 2 aliphatic rings. The number of rotatable bonds is 3. The fourth-order valence-corrected chi connectivity index (χ4v) is 2.59. The molecule has 0 aliphatic carbocycles. The highest BCUT2D eigenvalue weighted by Crippen LogP contribution is 2.26. The van der Waals surface area contributed by atoms with E-state index < -0.39 is 0 Å². The van der Waals surface area contributed by atoms with Gasteiger partial charge in [-0.25, -0.2) is 4.98 Å². The number of anilines is 2. The van der Waals surface area contributed by atoms with Crippen LogP contribution in [-0.2, 0) is 9.47 Å². The van der Waals surface area contributed by atoms with Gasteiger partial charge in [-0.1, -0.05) is 0 Å². The quantitative estimate of drug-likeness (QED) is 0.852. The third kappa shape index (κ3) is 3.13. The van der Waals surface area contributed by atoms with E-state index in [9.17, 15) is 0 Å². The molecule has 1 aromatic heterocycles. The molecule has 6 heteroatoms. The van der Waals surface area contributed by atoms with Crippen LogP contribution in [0.2, 0.25) is 0 Å². The van der Waals surface area contributed by atoms with Crippen LogP contribution in [0.4, 0.5) is 11.8 Å². The maximum atomic E-state index is 5.80. The van der Waals surface area contributed by atoms with Gasteiger partial charge in [-0.2, -0.15) is 4.98 Å². The van der Waals surface area contributed by atoms with Crippen molar-refractivity contribution in [3.63, 3.8) is 0 Å². The summed E-state index contributed by atoms with van der Waals surface area (Å²) in [7, 11) is 0. The Hall–Kier alpha value is -1.40. The second-order valence-corrected chi connectivity index (χ2v) is 5.13. The van der Waals surface area contributed by atoms with Crippen LogP contribution in [0, 0.1) is 0 Å². The van der Waals surface area contributed by atoms with Crippen LogP contribution in [0.3, 0.4) is 0 Å². The minimum absolute atomic E-state index is 0.332. The number of ether oxygens (including phenoxy) is 2. The first-order valence-corrected chi connectivity index (χ1v) is 6.88. The Balaban J connectivity index is 1.73. The van der Waals surface area contributed by atoms with Crippen LogP contribution in [-0.4, -0.2) is 42.4 Å². The van der Waals surface area contributed by atoms with Crippen molar-refractivity contribution >= 4 is 11.8 Å². The Bertz CT molecular complexity index is 429. The number of nitrogens with two attached hydrogens (primary N) is 1. The second-order valence-electron chi connectivity index (χ2n) is 5.13. The molecule has 0 amide bonds. The highest BCUT2D eigenvalue weighted by molar-refractivity contribution is 5.42. The van der Waals surface area contributed by atoms with Crippen molar-refractivity contribution in [2.45, 2.75) is 31.2 Å². The van der Waals surface area contributed by atoms with E-state index in [2.05, 4.69) is 15.3 Å². The first-order chi connectivity index (χ1) is 9.31. The van der Waals surface area contributed by atoms with E-state index in [0.29, 0.717) is 17.9 Å². The summed E-state index contributed by atoms with van der Waals surface area (Å²) in [6.07, 6.45) is 3.02. The summed E-state index contributed by atoms with van der Waals surface area (Å²) in [5.41, 5.74) is 6.79. The van der Waals surface area contributed by atoms with E-state index >= 15 is 0 Å². The molecule has 1 atom stereocenters.